The molecule has 2 aliphatic heterocycles. The zero-order chi connectivity index (χ0) is 14.8. The fourth-order valence-electron chi connectivity index (χ4n) is 3.35. The Morgan fingerprint density at radius 3 is 3.00 bits per heavy atom. The Labute approximate surface area is 123 Å². The molecule has 0 aliphatic carbocycles. The summed E-state index contributed by atoms with van der Waals surface area (Å²) in [6, 6.07) is 6.50. The van der Waals surface area contributed by atoms with Crippen molar-refractivity contribution in [3.8, 4) is 0 Å². The quantitative estimate of drug-likeness (QED) is 0.852. The average molecular weight is 293 g/mol. The Bertz CT molecular complexity index is 522. The van der Waals surface area contributed by atoms with E-state index in [9.17, 15) is 9.18 Å². The SMILES string of the molecule is CO[C@H]1CCN(C(=O)Cc2ccccc2F)[C@H]2CCO[C@H]12. The molecule has 114 valence electrons. The molecule has 21 heavy (non-hydrogen) atoms. The van der Waals surface area contributed by atoms with Crippen LogP contribution in [0.25, 0.3) is 0 Å². The lowest BCUT2D eigenvalue weighted by molar-refractivity contribution is -0.142. The molecule has 5 heteroatoms. The van der Waals surface area contributed by atoms with Crippen LogP contribution >= 0.6 is 0 Å². The Kier molecular flexibility index (Phi) is 4.22. The molecule has 0 unspecified atom stereocenters. The van der Waals surface area contributed by atoms with Crippen LogP contribution in [0.1, 0.15) is 18.4 Å². The van der Waals surface area contributed by atoms with E-state index in [1.54, 1.807) is 25.3 Å². The zero-order valence-electron chi connectivity index (χ0n) is 12.1. The van der Waals surface area contributed by atoms with Crippen LogP contribution in [0.5, 0.6) is 0 Å². The maximum Gasteiger partial charge on any atom is 0.227 e. The number of benzene rings is 1. The first kappa shape index (κ1) is 14.5. The Morgan fingerprint density at radius 1 is 1.43 bits per heavy atom. The smallest absolute Gasteiger partial charge is 0.227 e. The number of likely N-dealkylation sites (tertiary alicyclic amines) is 1. The number of hydrogen-bond donors (Lipinski definition) is 0. The maximum atomic E-state index is 13.7. The average Bonchev–Trinajstić information content (AvgIpc) is 2.98. The van der Waals surface area contributed by atoms with Gasteiger partial charge in [0.2, 0.25) is 5.91 Å². The molecule has 1 aromatic rings. The van der Waals surface area contributed by atoms with Gasteiger partial charge in [-0.25, -0.2) is 4.39 Å². The summed E-state index contributed by atoms with van der Waals surface area (Å²) < 4.78 is 24.9. The molecule has 0 N–H and O–H groups in total. The number of rotatable bonds is 3. The number of carbonyl (C=O) groups is 1. The first-order valence-electron chi connectivity index (χ1n) is 7.38. The van der Waals surface area contributed by atoms with Gasteiger partial charge in [-0.1, -0.05) is 18.2 Å². The highest BCUT2D eigenvalue weighted by Crippen LogP contribution is 2.30. The number of methoxy groups -OCH3 is 1. The molecule has 2 saturated heterocycles. The number of fused-ring (bicyclic) bond motifs is 1. The van der Waals surface area contributed by atoms with Gasteiger partial charge in [-0.3, -0.25) is 4.79 Å². The fraction of sp³-hybridized carbons (Fsp3) is 0.562. The minimum absolute atomic E-state index is 0.0323. The fourth-order valence-corrected chi connectivity index (χ4v) is 3.35. The third kappa shape index (κ3) is 2.80. The minimum atomic E-state index is -0.322. The van der Waals surface area contributed by atoms with E-state index in [0.717, 1.165) is 12.8 Å². The minimum Gasteiger partial charge on any atom is -0.379 e. The van der Waals surface area contributed by atoms with Crippen LogP contribution in [-0.2, 0) is 20.7 Å². The van der Waals surface area contributed by atoms with Crippen LogP contribution in [0.4, 0.5) is 4.39 Å². The van der Waals surface area contributed by atoms with Gasteiger partial charge in [0, 0.05) is 20.3 Å². The highest BCUT2D eigenvalue weighted by atomic mass is 19.1. The molecule has 2 heterocycles. The van der Waals surface area contributed by atoms with Crippen molar-refractivity contribution in [1.29, 1.82) is 0 Å². The molecule has 1 aromatic carbocycles. The van der Waals surface area contributed by atoms with E-state index in [0.29, 0.717) is 18.7 Å². The third-order valence-corrected chi connectivity index (χ3v) is 4.45. The van der Waals surface area contributed by atoms with E-state index in [4.69, 9.17) is 9.47 Å². The van der Waals surface area contributed by atoms with E-state index in [-0.39, 0.29) is 36.4 Å². The van der Waals surface area contributed by atoms with Crippen LogP contribution in [0, 0.1) is 5.82 Å². The van der Waals surface area contributed by atoms with Crippen molar-refractivity contribution < 1.29 is 18.7 Å². The van der Waals surface area contributed by atoms with Gasteiger partial charge in [-0.2, -0.15) is 0 Å². The van der Waals surface area contributed by atoms with Crippen LogP contribution < -0.4 is 0 Å². The summed E-state index contributed by atoms with van der Waals surface area (Å²) in [6.07, 6.45) is 1.70. The van der Waals surface area contributed by atoms with Gasteiger partial charge in [-0.15, -0.1) is 0 Å². The molecule has 0 spiro atoms. The van der Waals surface area contributed by atoms with Crippen molar-refractivity contribution in [3.05, 3.63) is 35.6 Å². The highest BCUT2D eigenvalue weighted by Gasteiger charge is 2.44. The summed E-state index contributed by atoms with van der Waals surface area (Å²) in [5.41, 5.74) is 0.451. The molecule has 4 nitrogen and oxygen atoms in total. The van der Waals surface area contributed by atoms with Crippen LogP contribution in [0.2, 0.25) is 0 Å². The Balaban J connectivity index is 1.72. The van der Waals surface area contributed by atoms with Gasteiger partial charge in [0.15, 0.2) is 0 Å². The van der Waals surface area contributed by atoms with Crippen molar-refractivity contribution in [3.63, 3.8) is 0 Å². The molecule has 0 saturated carbocycles. The monoisotopic (exact) mass is 293 g/mol. The first-order chi connectivity index (χ1) is 10.2. The Morgan fingerprint density at radius 2 is 2.24 bits per heavy atom. The molecule has 3 atom stereocenters. The molecular formula is C16H20FNO3. The topological polar surface area (TPSA) is 38.8 Å². The van der Waals surface area contributed by atoms with E-state index in [1.807, 2.05) is 4.90 Å². The summed E-state index contributed by atoms with van der Waals surface area (Å²) in [7, 11) is 1.68. The number of hydrogen-bond acceptors (Lipinski definition) is 3. The first-order valence-corrected chi connectivity index (χ1v) is 7.38. The number of ether oxygens (including phenoxy) is 2. The maximum absolute atomic E-state index is 13.7. The number of halogens is 1. The summed E-state index contributed by atoms with van der Waals surface area (Å²) in [5.74, 6) is -0.355. The third-order valence-electron chi connectivity index (χ3n) is 4.45. The van der Waals surface area contributed by atoms with E-state index in [2.05, 4.69) is 0 Å². The second-order valence-electron chi connectivity index (χ2n) is 5.61. The van der Waals surface area contributed by atoms with Gasteiger partial charge in [-0.05, 0) is 24.5 Å². The van der Waals surface area contributed by atoms with Crippen molar-refractivity contribution >= 4 is 5.91 Å². The molecule has 3 rings (SSSR count). The van der Waals surface area contributed by atoms with E-state index < -0.39 is 0 Å². The predicted octanol–water partition coefficient (Wildman–Crippen LogP) is 1.77. The largest absolute Gasteiger partial charge is 0.379 e. The second kappa shape index (κ2) is 6.12. The molecule has 0 radical (unpaired) electrons. The predicted molar refractivity (Wildman–Crippen MR) is 75.4 cm³/mol. The van der Waals surface area contributed by atoms with Crippen molar-refractivity contribution in [2.24, 2.45) is 0 Å². The number of amides is 1. The van der Waals surface area contributed by atoms with Gasteiger partial charge in [0.25, 0.3) is 0 Å². The number of nitrogens with zero attached hydrogens (tertiary/aromatic N) is 1. The molecule has 0 aromatic heterocycles. The highest BCUT2D eigenvalue weighted by molar-refractivity contribution is 5.79. The lowest BCUT2D eigenvalue weighted by Gasteiger charge is -2.40. The van der Waals surface area contributed by atoms with Crippen LogP contribution in [-0.4, -0.2) is 49.3 Å². The molecule has 2 fully saturated rings. The van der Waals surface area contributed by atoms with Crippen molar-refractivity contribution in [2.45, 2.75) is 37.5 Å². The molecular weight excluding hydrogens is 273 g/mol. The molecule has 0 bridgehead atoms. The van der Waals surface area contributed by atoms with Gasteiger partial charge < -0.3 is 14.4 Å². The standard InChI is InChI=1S/C16H20FNO3/c1-20-14-6-8-18(13-7-9-21-16(13)14)15(19)10-11-4-2-3-5-12(11)17/h2-5,13-14,16H,6-10H2,1H3/t13-,14-,16-/m0/s1. The normalized spacial score (nSPS) is 28.5. The number of piperidine rings is 1. The lowest BCUT2D eigenvalue weighted by Crippen LogP contribution is -2.55. The van der Waals surface area contributed by atoms with E-state index in [1.165, 1.54) is 6.07 Å². The van der Waals surface area contributed by atoms with Crippen LogP contribution in [0.15, 0.2) is 24.3 Å². The zero-order valence-corrected chi connectivity index (χ0v) is 12.1. The van der Waals surface area contributed by atoms with E-state index >= 15 is 0 Å². The summed E-state index contributed by atoms with van der Waals surface area (Å²) in [4.78, 5) is 14.4. The van der Waals surface area contributed by atoms with Gasteiger partial charge in [0.1, 0.15) is 11.9 Å². The molecule has 2 aliphatic rings. The van der Waals surface area contributed by atoms with Gasteiger partial charge in [0.05, 0.1) is 18.6 Å². The molecule has 1 amide bonds. The summed E-state index contributed by atoms with van der Waals surface area (Å²) in [5, 5.41) is 0. The Hall–Kier alpha value is -1.46. The van der Waals surface area contributed by atoms with Crippen LogP contribution in [0.3, 0.4) is 0 Å². The van der Waals surface area contributed by atoms with Gasteiger partial charge >= 0.3 is 0 Å². The number of carbonyl (C=O) groups excluding carboxylic acids is 1. The summed E-state index contributed by atoms with van der Waals surface area (Å²) in [6.45, 7) is 1.30. The van der Waals surface area contributed by atoms with Crippen molar-refractivity contribution in [1.82, 2.24) is 4.90 Å². The lowest BCUT2D eigenvalue weighted by atomic mass is 9.95. The second-order valence-corrected chi connectivity index (χ2v) is 5.61. The van der Waals surface area contributed by atoms with Crippen molar-refractivity contribution in [2.75, 3.05) is 20.3 Å². The summed E-state index contributed by atoms with van der Waals surface area (Å²) >= 11 is 0.